The molecule has 1 amide bonds. The van der Waals surface area contributed by atoms with Crippen LogP contribution in [0.2, 0.25) is 0 Å². The number of carbonyl (C=O) groups excluding carboxylic acids is 1. The van der Waals surface area contributed by atoms with Gasteiger partial charge >= 0.3 is 0 Å². The Morgan fingerprint density at radius 1 is 1.08 bits per heavy atom. The van der Waals surface area contributed by atoms with E-state index < -0.39 is 10.0 Å². The molecule has 1 aromatic carbocycles. The van der Waals surface area contributed by atoms with Crippen LogP contribution in [0.1, 0.15) is 36.8 Å². The summed E-state index contributed by atoms with van der Waals surface area (Å²) in [7, 11) is -3.47. The summed E-state index contributed by atoms with van der Waals surface area (Å²) in [5.74, 6) is 0.506. The summed E-state index contributed by atoms with van der Waals surface area (Å²) in [4.78, 5) is 14.6. The molecule has 1 aromatic rings. The predicted molar refractivity (Wildman–Crippen MR) is 100 cm³/mol. The zero-order valence-electron chi connectivity index (χ0n) is 15.1. The van der Waals surface area contributed by atoms with Gasteiger partial charge in [-0.2, -0.15) is 4.31 Å². The maximum atomic E-state index is 13.0. The average molecular weight is 375 g/mol. The van der Waals surface area contributed by atoms with E-state index in [0.29, 0.717) is 43.4 Å². The van der Waals surface area contributed by atoms with Gasteiger partial charge in [0.1, 0.15) is 0 Å². The summed E-state index contributed by atoms with van der Waals surface area (Å²) in [6, 6.07) is 5.55. The van der Waals surface area contributed by atoms with Crippen molar-refractivity contribution in [2.24, 2.45) is 5.92 Å². The highest BCUT2D eigenvalue weighted by Crippen LogP contribution is 2.27. The van der Waals surface area contributed by atoms with E-state index in [1.54, 1.807) is 6.07 Å². The molecule has 0 spiro atoms. The van der Waals surface area contributed by atoms with Crippen molar-refractivity contribution in [1.82, 2.24) is 9.21 Å². The van der Waals surface area contributed by atoms with Crippen LogP contribution < -0.4 is 0 Å². The van der Waals surface area contributed by atoms with Crippen molar-refractivity contribution in [2.75, 3.05) is 26.2 Å². The van der Waals surface area contributed by atoms with E-state index in [1.165, 1.54) is 15.4 Å². The maximum absolute atomic E-state index is 13.0. The summed E-state index contributed by atoms with van der Waals surface area (Å²) in [5.41, 5.74) is 2.45. The van der Waals surface area contributed by atoms with E-state index in [4.69, 9.17) is 0 Å². The highest BCUT2D eigenvalue weighted by atomic mass is 32.2. The van der Waals surface area contributed by atoms with E-state index >= 15 is 0 Å². The second-order valence-electron chi connectivity index (χ2n) is 7.54. The number of rotatable bonds is 4. The van der Waals surface area contributed by atoms with Gasteiger partial charge in [-0.05, 0) is 61.3 Å². The van der Waals surface area contributed by atoms with E-state index in [2.05, 4.69) is 12.2 Å². The van der Waals surface area contributed by atoms with Gasteiger partial charge in [-0.25, -0.2) is 8.42 Å². The Balaban J connectivity index is 1.39. The first-order chi connectivity index (χ1) is 12.5. The van der Waals surface area contributed by atoms with Crippen molar-refractivity contribution in [2.45, 2.75) is 43.4 Å². The number of allylic oxidation sites excluding steroid dienone is 2. The average Bonchev–Trinajstić information content (AvgIpc) is 3.32. The number of amides is 1. The van der Waals surface area contributed by atoms with Gasteiger partial charge in [0, 0.05) is 32.6 Å². The Morgan fingerprint density at radius 3 is 2.58 bits per heavy atom. The van der Waals surface area contributed by atoms with Crippen LogP contribution in [0.5, 0.6) is 0 Å². The van der Waals surface area contributed by atoms with Crippen LogP contribution in [0.25, 0.3) is 0 Å². The summed E-state index contributed by atoms with van der Waals surface area (Å²) in [6.07, 6.45) is 10.1. The number of fused-ring (bicyclic) bond motifs is 1. The second-order valence-corrected chi connectivity index (χ2v) is 9.48. The van der Waals surface area contributed by atoms with Crippen LogP contribution >= 0.6 is 0 Å². The molecular formula is C20H26N2O3S. The van der Waals surface area contributed by atoms with Gasteiger partial charge in [0.25, 0.3) is 0 Å². The van der Waals surface area contributed by atoms with Crippen LogP contribution in [0, 0.1) is 5.92 Å². The van der Waals surface area contributed by atoms with Crippen LogP contribution in [0.3, 0.4) is 0 Å². The van der Waals surface area contributed by atoms with Gasteiger partial charge < -0.3 is 4.90 Å². The van der Waals surface area contributed by atoms with E-state index in [0.717, 1.165) is 32.1 Å². The third-order valence-electron chi connectivity index (χ3n) is 5.85. The number of benzene rings is 1. The molecule has 2 aliphatic carbocycles. The van der Waals surface area contributed by atoms with Crippen LogP contribution in [-0.4, -0.2) is 49.7 Å². The zero-order chi connectivity index (χ0) is 18.1. The molecule has 0 saturated carbocycles. The van der Waals surface area contributed by atoms with Crippen molar-refractivity contribution >= 4 is 15.9 Å². The lowest BCUT2D eigenvalue weighted by Gasteiger charge is -2.34. The molecule has 140 valence electrons. The summed E-state index contributed by atoms with van der Waals surface area (Å²) in [5, 5.41) is 0. The molecule has 0 N–H and O–H groups in total. The van der Waals surface area contributed by atoms with Gasteiger partial charge in [-0.15, -0.1) is 0 Å². The minimum atomic E-state index is -3.47. The van der Waals surface area contributed by atoms with Crippen molar-refractivity contribution in [3.8, 4) is 0 Å². The molecule has 0 aromatic heterocycles. The SMILES string of the molecule is O=C(C[C@@H]1C=CCC1)N1CCN(S(=O)(=O)c2ccc3c(c2)CCC3)CC1. The summed E-state index contributed by atoms with van der Waals surface area (Å²) in [6.45, 7) is 1.73. The molecular weight excluding hydrogens is 348 g/mol. The van der Waals surface area contributed by atoms with E-state index in [9.17, 15) is 13.2 Å². The Hall–Kier alpha value is -1.66. The molecule has 26 heavy (non-hydrogen) atoms. The Bertz CT molecular complexity index is 823. The quantitative estimate of drug-likeness (QED) is 0.760. The van der Waals surface area contributed by atoms with Crippen molar-refractivity contribution in [3.05, 3.63) is 41.5 Å². The lowest BCUT2D eigenvalue weighted by Crippen LogP contribution is -2.50. The number of hydrogen-bond donors (Lipinski definition) is 0. The lowest BCUT2D eigenvalue weighted by molar-refractivity contribution is -0.133. The van der Waals surface area contributed by atoms with Crippen LogP contribution in [0.15, 0.2) is 35.2 Å². The molecule has 3 aliphatic rings. The third-order valence-corrected chi connectivity index (χ3v) is 7.74. The fourth-order valence-corrected chi connectivity index (χ4v) is 5.73. The van der Waals surface area contributed by atoms with Gasteiger partial charge in [-0.3, -0.25) is 4.79 Å². The van der Waals surface area contributed by atoms with E-state index in [-0.39, 0.29) is 5.91 Å². The second kappa shape index (κ2) is 7.16. The number of carbonyl (C=O) groups is 1. The van der Waals surface area contributed by atoms with Crippen LogP contribution in [0.4, 0.5) is 0 Å². The minimum Gasteiger partial charge on any atom is -0.340 e. The third kappa shape index (κ3) is 3.45. The Labute approximate surface area is 155 Å². The minimum absolute atomic E-state index is 0.149. The van der Waals surface area contributed by atoms with Crippen molar-refractivity contribution in [3.63, 3.8) is 0 Å². The number of nitrogens with zero attached hydrogens (tertiary/aromatic N) is 2. The molecule has 1 fully saturated rings. The zero-order valence-corrected chi connectivity index (χ0v) is 15.9. The Kier molecular flexibility index (Phi) is 4.88. The highest BCUT2D eigenvalue weighted by molar-refractivity contribution is 7.89. The number of sulfonamides is 1. The standard InChI is InChI=1S/C20H26N2O3S/c23-20(14-16-4-1-2-5-16)21-10-12-22(13-11-21)26(24,25)19-9-8-17-6-3-7-18(17)15-19/h1,4,8-9,15-16H,2-3,5-7,10-14H2/t16-/m1/s1. The molecule has 1 saturated heterocycles. The molecule has 1 heterocycles. The smallest absolute Gasteiger partial charge is 0.243 e. The van der Waals surface area contributed by atoms with Gasteiger partial charge in [0.2, 0.25) is 15.9 Å². The molecule has 1 aliphatic heterocycles. The van der Waals surface area contributed by atoms with Crippen LogP contribution in [-0.2, 0) is 27.7 Å². The number of aryl methyl sites for hydroxylation is 2. The predicted octanol–water partition coefficient (Wildman–Crippen LogP) is 2.36. The molecule has 0 bridgehead atoms. The normalized spacial score (nSPS) is 23.4. The molecule has 4 rings (SSSR count). The van der Waals surface area contributed by atoms with Crippen molar-refractivity contribution in [1.29, 1.82) is 0 Å². The fraction of sp³-hybridized carbons (Fsp3) is 0.550. The first-order valence-electron chi connectivity index (χ1n) is 9.60. The largest absolute Gasteiger partial charge is 0.340 e. The topological polar surface area (TPSA) is 57.7 Å². The molecule has 5 nitrogen and oxygen atoms in total. The lowest BCUT2D eigenvalue weighted by atomic mass is 10.0. The molecule has 0 unspecified atom stereocenters. The van der Waals surface area contributed by atoms with E-state index in [1.807, 2.05) is 17.0 Å². The molecule has 0 radical (unpaired) electrons. The highest BCUT2D eigenvalue weighted by Gasteiger charge is 2.31. The monoisotopic (exact) mass is 374 g/mol. The molecule has 6 heteroatoms. The summed E-state index contributed by atoms with van der Waals surface area (Å²) < 4.78 is 27.4. The number of hydrogen-bond acceptors (Lipinski definition) is 3. The van der Waals surface area contributed by atoms with Gasteiger partial charge in [0.15, 0.2) is 0 Å². The summed E-state index contributed by atoms with van der Waals surface area (Å²) >= 11 is 0. The number of piperazine rings is 1. The van der Waals surface area contributed by atoms with Gasteiger partial charge in [-0.1, -0.05) is 18.2 Å². The Morgan fingerprint density at radius 2 is 1.85 bits per heavy atom. The first kappa shape index (κ1) is 17.7. The van der Waals surface area contributed by atoms with Crippen molar-refractivity contribution < 1.29 is 13.2 Å². The fourth-order valence-electron chi connectivity index (χ4n) is 4.25. The van der Waals surface area contributed by atoms with Gasteiger partial charge in [0.05, 0.1) is 4.90 Å². The maximum Gasteiger partial charge on any atom is 0.243 e. The first-order valence-corrected chi connectivity index (χ1v) is 11.0. The molecule has 1 atom stereocenters.